The van der Waals surface area contributed by atoms with E-state index >= 15 is 0 Å². The monoisotopic (exact) mass is 219 g/mol. The molecule has 0 aromatic heterocycles. The molecule has 0 bridgehead atoms. The molecule has 0 rings (SSSR count). The van der Waals surface area contributed by atoms with Gasteiger partial charge in [-0.2, -0.15) is 13.2 Å². The highest BCUT2D eigenvalue weighted by molar-refractivity contribution is 8.00. The van der Waals surface area contributed by atoms with Crippen molar-refractivity contribution in [3.63, 3.8) is 0 Å². The Morgan fingerprint density at radius 3 is 2.50 bits per heavy atom. The summed E-state index contributed by atoms with van der Waals surface area (Å²) in [6.45, 7) is 0.132. The summed E-state index contributed by atoms with van der Waals surface area (Å²) in [6.07, 6.45) is 0. The molecule has 0 aliphatic heterocycles. The number of thiocarbonyl (C=S) groups is 1. The summed E-state index contributed by atoms with van der Waals surface area (Å²) in [5.41, 5.74) is -2.09. The summed E-state index contributed by atoms with van der Waals surface area (Å²) in [4.78, 5) is 0. The number of hydrogen-bond acceptors (Lipinski definition) is 3. The lowest BCUT2D eigenvalue weighted by molar-refractivity contribution is -0.0327. The molecule has 12 heavy (non-hydrogen) atoms. The average molecular weight is 219 g/mol. The van der Waals surface area contributed by atoms with Gasteiger partial charge in [0.15, 0.2) is 5.11 Å². The molecule has 0 fully saturated rings. The van der Waals surface area contributed by atoms with Crippen LogP contribution >= 0.6 is 24.0 Å². The quantitative estimate of drug-likeness (QED) is 0.280. The molecule has 4 N–H and O–H groups in total. The minimum atomic E-state index is -4.18. The molecule has 0 aromatic rings. The van der Waals surface area contributed by atoms with Crippen molar-refractivity contribution in [1.82, 2.24) is 10.7 Å². The number of halogens is 3. The summed E-state index contributed by atoms with van der Waals surface area (Å²) in [7, 11) is 0. The van der Waals surface area contributed by atoms with E-state index in [0.29, 0.717) is 0 Å². The number of nitrogens with one attached hydrogen (secondary N) is 2. The molecular weight excluding hydrogens is 211 g/mol. The van der Waals surface area contributed by atoms with Crippen molar-refractivity contribution >= 4 is 29.1 Å². The maximum atomic E-state index is 11.5. The molecule has 3 nitrogen and oxygen atoms in total. The zero-order valence-corrected chi connectivity index (χ0v) is 7.57. The Morgan fingerprint density at radius 2 is 2.08 bits per heavy atom. The lowest BCUT2D eigenvalue weighted by atomic mass is 10.7. The Bertz CT molecular complexity index is 149. The van der Waals surface area contributed by atoms with Gasteiger partial charge in [0, 0.05) is 12.3 Å². The second kappa shape index (κ2) is 5.44. The number of thioether (sulfide) groups is 1. The number of nitrogens with two attached hydrogens (primary N) is 1. The Labute approximate surface area is 77.2 Å². The van der Waals surface area contributed by atoms with E-state index < -0.39 is 5.51 Å². The summed E-state index contributed by atoms with van der Waals surface area (Å²) >= 11 is 4.42. The van der Waals surface area contributed by atoms with Crippen molar-refractivity contribution in [1.29, 1.82) is 0 Å². The van der Waals surface area contributed by atoms with Crippen molar-refractivity contribution in [2.45, 2.75) is 5.51 Å². The van der Waals surface area contributed by atoms with E-state index in [1.54, 1.807) is 0 Å². The smallest absolute Gasteiger partial charge is 0.361 e. The predicted molar refractivity (Wildman–Crippen MR) is 46.4 cm³/mol. The Morgan fingerprint density at radius 1 is 1.50 bits per heavy atom. The van der Waals surface area contributed by atoms with E-state index in [1.807, 2.05) is 0 Å². The normalized spacial score (nSPS) is 11.0. The van der Waals surface area contributed by atoms with Gasteiger partial charge < -0.3 is 10.7 Å². The van der Waals surface area contributed by atoms with Crippen LogP contribution < -0.4 is 16.6 Å². The highest BCUT2D eigenvalue weighted by Crippen LogP contribution is 2.29. The second-order valence-corrected chi connectivity index (χ2v) is 3.26. The van der Waals surface area contributed by atoms with Crippen LogP contribution in [0, 0.1) is 0 Å². The highest BCUT2D eigenvalue weighted by Gasteiger charge is 2.27. The van der Waals surface area contributed by atoms with Crippen molar-refractivity contribution in [3.05, 3.63) is 0 Å². The molecule has 0 aliphatic carbocycles. The van der Waals surface area contributed by atoms with E-state index in [1.165, 1.54) is 0 Å². The minimum absolute atomic E-state index is 0.0919. The zero-order valence-electron chi connectivity index (χ0n) is 5.94. The molecule has 0 heterocycles. The maximum absolute atomic E-state index is 11.5. The van der Waals surface area contributed by atoms with Crippen LogP contribution in [0.4, 0.5) is 13.2 Å². The van der Waals surface area contributed by atoms with Crippen molar-refractivity contribution < 1.29 is 13.2 Å². The molecule has 0 amide bonds. The second-order valence-electron chi connectivity index (χ2n) is 1.69. The minimum Gasteiger partial charge on any atom is -0.361 e. The molecule has 8 heteroatoms. The summed E-state index contributed by atoms with van der Waals surface area (Å²) in [5.74, 6) is 4.77. The van der Waals surface area contributed by atoms with Crippen molar-refractivity contribution in [2.75, 3.05) is 12.3 Å². The van der Waals surface area contributed by atoms with Crippen LogP contribution in [0.1, 0.15) is 0 Å². The highest BCUT2D eigenvalue weighted by atomic mass is 32.2. The number of alkyl halides is 3. The van der Waals surface area contributed by atoms with Crippen LogP contribution in [0.15, 0.2) is 0 Å². The molecule has 0 saturated carbocycles. The van der Waals surface area contributed by atoms with E-state index in [4.69, 9.17) is 5.84 Å². The van der Waals surface area contributed by atoms with Crippen LogP contribution in [0.5, 0.6) is 0 Å². The molecular formula is C4H8F3N3S2. The van der Waals surface area contributed by atoms with Gasteiger partial charge in [0.2, 0.25) is 0 Å². The van der Waals surface area contributed by atoms with Crippen LogP contribution in [-0.4, -0.2) is 22.9 Å². The van der Waals surface area contributed by atoms with E-state index in [-0.39, 0.29) is 29.2 Å². The zero-order chi connectivity index (χ0) is 9.61. The first-order valence-electron chi connectivity index (χ1n) is 2.91. The lowest BCUT2D eigenvalue weighted by Crippen LogP contribution is -2.40. The largest absolute Gasteiger partial charge is 0.441 e. The van der Waals surface area contributed by atoms with E-state index in [0.717, 1.165) is 0 Å². The molecule has 72 valence electrons. The van der Waals surface area contributed by atoms with Gasteiger partial charge in [-0.15, -0.1) is 0 Å². The summed E-state index contributed by atoms with van der Waals surface area (Å²) in [6, 6.07) is 0. The van der Waals surface area contributed by atoms with Crippen molar-refractivity contribution in [2.24, 2.45) is 5.84 Å². The third-order valence-corrected chi connectivity index (χ3v) is 1.78. The fourth-order valence-electron chi connectivity index (χ4n) is 0.382. The first kappa shape index (κ1) is 11.8. The third kappa shape index (κ3) is 7.89. The summed E-state index contributed by atoms with van der Waals surface area (Å²) < 4.78 is 34.6. The maximum Gasteiger partial charge on any atom is 0.441 e. The van der Waals surface area contributed by atoms with Gasteiger partial charge in [0.05, 0.1) is 0 Å². The number of hydrogen-bond donors (Lipinski definition) is 3. The van der Waals surface area contributed by atoms with Gasteiger partial charge in [0.1, 0.15) is 0 Å². The first-order chi connectivity index (χ1) is 5.45. The van der Waals surface area contributed by atoms with E-state index in [9.17, 15) is 13.2 Å². The van der Waals surface area contributed by atoms with Gasteiger partial charge in [-0.05, 0) is 24.0 Å². The van der Waals surface area contributed by atoms with Crippen LogP contribution in [0.2, 0.25) is 0 Å². The van der Waals surface area contributed by atoms with Gasteiger partial charge >= 0.3 is 5.51 Å². The number of rotatable bonds is 3. The molecule has 0 atom stereocenters. The SMILES string of the molecule is NNC(=S)NCCSC(F)(F)F. The Kier molecular flexibility index (Phi) is 5.34. The van der Waals surface area contributed by atoms with Gasteiger partial charge in [-0.1, -0.05) is 0 Å². The van der Waals surface area contributed by atoms with Crippen LogP contribution in [-0.2, 0) is 0 Å². The first-order valence-corrected chi connectivity index (χ1v) is 4.30. The van der Waals surface area contributed by atoms with Crippen molar-refractivity contribution in [3.8, 4) is 0 Å². The average Bonchev–Trinajstić information content (AvgIpc) is 1.96. The molecule has 0 saturated heterocycles. The van der Waals surface area contributed by atoms with Crippen LogP contribution in [0.3, 0.4) is 0 Å². The van der Waals surface area contributed by atoms with Gasteiger partial charge in [-0.25, -0.2) is 5.84 Å². The number of hydrazine groups is 1. The predicted octanol–water partition coefficient (Wildman–Crippen LogP) is 0.577. The lowest BCUT2D eigenvalue weighted by Gasteiger charge is -2.07. The van der Waals surface area contributed by atoms with E-state index in [2.05, 4.69) is 23.0 Å². The van der Waals surface area contributed by atoms with Gasteiger partial charge in [-0.3, -0.25) is 0 Å². The summed E-state index contributed by atoms with van der Waals surface area (Å²) in [5, 5.41) is 2.62. The van der Waals surface area contributed by atoms with Crippen LogP contribution in [0.25, 0.3) is 0 Å². The molecule has 0 aliphatic rings. The molecule has 0 spiro atoms. The fraction of sp³-hybridized carbons (Fsp3) is 0.750. The van der Waals surface area contributed by atoms with Gasteiger partial charge in [0.25, 0.3) is 0 Å². The molecule has 0 radical (unpaired) electrons. The Balaban J connectivity index is 3.28. The standard InChI is InChI=1S/C4H8F3N3S2/c5-4(6,7)12-2-1-9-3(11)10-8/h1-2,8H2,(H2,9,10,11). The third-order valence-electron chi connectivity index (χ3n) is 0.784. The fourth-order valence-corrected chi connectivity index (χ4v) is 0.920. The molecule has 0 aromatic carbocycles. The Hall–Kier alpha value is -0.210. The topological polar surface area (TPSA) is 50.1 Å². The molecule has 0 unspecified atom stereocenters.